The molecule has 1 aromatic carbocycles. The van der Waals surface area contributed by atoms with E-state index in [1.165, 1.54) is 11.3 Å². The molecule has 1 atom stereocenters. The van der Waals surface area contributed by atoms with E-state index < -0.39 is 0 Å². The van der Waals surface area contributed by atoms with Crippen LogP contribution in [0, 0.1) is 19.8 Å². The summed E-state index contributed by atoms with van der Waals surface area (Å²) in [5.74, 6) is 2.15. The Morgan fingerprint density at radius 2 is 2.00 bits per heavy atom. The average molecular weight is 386 g/mol. The zero-order valence-electron chi connectivity index (χ0n) is 17.6. The van der Waals surface area contributed by atoms with E-state index in [1.54, 1.807) is 4.90 Å². The number of aromatic nitrogens is 2. The molecule has 28 heavy (non-hydrogen) atoms. The first-order valence-corrected chi connectivity index (χ1v) is 10.0. The minimum Gasteiger partial charge on any atom is -0.486 e. The molecule has 0 N–H and O–H groups in total. The van der Waals surface area contributed by atoms with Gasteiger partial charge in [0.2, 0.25) is 5.91 Å². The number of carbonyl (C=O) groups excluding carboxylic acids is 1. The molecule has 1 aromatic heterocycles. The van der Waals surface area contributed by atoms with Gasteiger partial charge in [-0.05, 0) is 43.9 Å². The molecule has 0 saturated carbocycles. The Morgan fingerprint density at radius 3 is 2.71 bits per heavy atom. The smallest absolute Gasteiger partial charge is 0.222 e. The van der Waals surface area contributed by atoms with Gasteiger partial charge in [-0.25, -0.2) is 0 Å². The van der Waals surface area contributed by atoms with Gasteiger partial charge in [-0.2, -0.15) is 5.10 Å². The van der Waals surface area contributed by atoms with E-state index in [1.807, 2.05) is 38.2 Å². The van der Waals surface area contributed by atoms with Crippen LogP contribution in [0.5, 0.6) is 11.5 Å². The van der Waals surface area contributed by atoms with Crippen molar-refractivity contribution in [1.29, 1.82) is 0 Å². The van der Waals surface area contributed by atoms with Gasteiger partial charge < -0.3 is 14.4 Å². The first-order valence-electron chi connectivity index (χ1n) is 10.0. The first kappa shape index (κ1) is 20.2. The maximum absolute atomic E-state index is 12.6. The molecule has 0 bridgehead atoms. The molecule has 0 saturated heterocycles. The van der Waals surface area contributed by atoms with E-state index in [-0.39, 0.29) is 12.0 Å². The van der Waals surface area contributed by atoms with Crippen molar-refractivity contribution in [2.24, 2.45) is 5.92 Å². The number of amides is 1. The fourth-order valence-electron chi connectivity index (χ4n) is 3.60. The predicted octanol–water partition coefficient (Wildman–Crippen LogP) is 3.39. The Bertz CT molecular complexity index is 828. The number of likely N-dealkylation sites (N-methyl/N-ethyl adjacent to an activating group) is 1. The molecule has 6 nitrogen and oxygen atoms in total. The Balaban J connectivity index is 1.53. The summed E-state index contributed by atoms with van der Waals surface area (Å²) in [5.41, 5.74) is 3.38. The molecule has 3 rings (SSSR count). The quantitative estimate of drug-likeness (QED) is 0.733. The monoisotopic (exact) mass is 385 g/mol. The first-order chi connectivity index (χ1) is 13.3. The minimum absolute atomic E-state index is 0.109. The van der Waals surface area contributed by atoms with Gasteiger partial charge in [-0.1, -0.05) is 26.0 Å². The molecule has 0 unspecified atom stereocenters. The number of nitrogens with zero attached hydrogens (tertiary/aromatic N) is 3. The summed E-state index contributed by atoms with van der Waals surface area (Å²) >= 11 is 0. The summed E-state index contributed by atoms with van der Waals surface area (Å²) in [6, 6.07) is 7.63. The largest absolute Gasteiger partial charge is 0.486 e. The maximum Gasteiger partial charge on any atom is 0.222 e. The van der Waals surface area contributed by atoms with Crippen LogP contribution in [0.4, 0.5) is 0 Å². The standard InChI is InChI=1S/C22H31N3O3/c1-15(2)12-25-17(4)19(16(3)23-25)10-11-22(26)24(5)13-18-14-27-20-8-6-7-9-21(20)28-18/h6-9,15,18H,10-14H2,1-5H3/t18-/m0/s1. The van der Waals surface area contributed by atoms with Gasteiger partial charge in [0, 0.05) is 25.7 Å². The van der Waals surface area contributed by atoms with Crippen molar-refractivity contribution in [1.82, 2.24) is 14.7 Å². The molecule has 1 aliphatic heterocycles. The molecule has 152 valence electrons. The molecule has 0 spiro atoms. The van der Waals surface area contributed by atoms with Crippen molar-refractivity contribution in [3.8, 4) is 11.5 Å². The van der Waals surface area contributed by atoms with Gasteiger partial charge in [-0.15, -0.1) is 0 Å². The summed E-state index contributed by atoms with van der Waals surface area (Å²) in [6.45, 7) is 10.4. The van der Waals surface area contributed by atoms with Crippen molar-refractivity contribution in [2.75, 3.05) is 20.2 Å². The topological polar surface area (TPSA) is 56.6 Å². The van der Waals surface area contributed by atoms with Crippen molar-refractivity contribution in [2.45, 2.75) is 53.2 Å². The average Bonchev–Trinajstić information content (AvgIpc) is 2.92. The van der Waals surface area contributed by atoms with Crippen molar-refractivity contribution in [3.05, 3.63) is 41.2 Å². The van der Waals surface area contributed by atoms with Crippen molar-refractivity contribution < 1.29 is 14.3 Å². The molecular weight excluding hydrogens is 354 g/mol. The highest BCUT2D eigenvalue weighted by Crippen LogP contribution is 2.31. The molecular formula is C22H31N3O3. The van der Waals surface area contributed by atoms with Gasteiger partial charge in [0.15, 0.2) is 17.6 Å². The van der Waals surface area contributed by atoms with Crippen LogP contribution < -0.4 is 9.47 Å². The van der Waals surface area contributed by atoms with E-state index in [2.05, 4.69) is 30.6 Å². The van der Waals surface area contributed by atoms with Crippen LogP contribution in [0.25, 0.3) is 0 Å². The minimum atomic E-state index is -0.152. The zero-order chi connectivity index (χ0) is 20.3. The van der Waals surface area contributed by atoms with E-state index in [0.717, 1.165) is 23.7 Å². The van der Waals surface area contributed by atoms with Crippen LogP contribution in [0.15, 0.2) is 24.3 Å². The normalized spacial score (nSPS) is 15.7. The van der Waals surface area contributed by atoms with Gasteiger partial charge in [0.1, 0.15) is 6.61 Å². The second-order valence-electron chi connectivity index (χ2n) is 8.00. The molecule has 6 heteroatoms. The summed E-state index contributed by atoms with van der Waals surface area (Å²) < 4.78 is 13.8. The Kier molecular flexibility index (Phi) is 6.27. The summed E-state index contributed by atoms with van der Waals surface area (Å²) in [7, 11) is 1.83. The number of rotatable bonds is 7. The van der Waals surface area contributed by atoms with Crippen molar-refractivity contribution >= 4 is 5.91 Å². The van der Waals surface area contributed by atoms with E-state index in [0.29, 0.717) is 31.9 Å². The second kappa shape index (κ2) is 8.67. The highest BCUT2D eigenvalue weighted by atomic mass is 16.6. The lowest BCUT2D eigenvalue weighted by atomic mass is 10.1. The molecule has 2 heterocycles. The molecule has 0 radical (unpaired) electrons. The van der Waals surface area contributed by atoms with Gasteiger partial charge in [-0.3, -0.25) is 9.48 Å². The fraction of sp³-hybridized carbons (Fsp3) is 0.545. The third-order valence-corrected chi connectivity index (χ3v) is 5.13. The number of fused-ring (bicyclic) bond motifs is 1. The number of carbonyl (C=O) groups is 1. The Hall–Kier alpha value is -2.50. The van der Waals surface area contributed by atoms with Crippen LogP contribution in [-0.4, -0.2) is 46.9 Å². The lowest BCUT2D eigenvalue weighted by molar-refractivity contribution is -0.131. The molecule has 1 aliphatic rings. The summed E-state index contributed by atoms with van der Waals surface area (Å²) in [5, 5.41) is 4.64. The number of aryl methyl sites for hydroxylation is 1. The highest BCUT2D eigenvalue weighted by molar-refractivity contribution is 5.76. The molecule has 1 amide bonds. The highest BCUT2D eigenvalue weighted by Gasteiger charge is 2.24. The Labute approximate surface area is 167 Å². The van der Waals surface area contributed by atoms with Gasteiger partial charge >= 0.3 is 0 Å². The van der Waals surface area contributed by atoms with Gasteiger partial charge in [0.05, 0.1) is 12.2 Å². The third kappa shape index (κ3) is 4.66. The SMILES string of the molecule is Cc1nn(CC(C)C)c(C)c1CCC(=O)N(C)C[C@H]1COc2ccccc2O1. The lowest BCUT2D eigenvalue weighted by Crippen LogP contribution is -2.41. The lowest BCUT2D eigenvalue weighted by Gasteiger charge is -2.29. The predicted molar refractivity (Wildman–Crippen MR) is 109 cm³/mol. The summed E-state index contributed by atoms with van der Waals surface area (Å²) in [6.07, 6.45) is 1.03. The number of para-hydroxylation sites is 2. The number of benzene rings is 1. The van der Waals surface area contributed by atoms with Crippen LogP contribution >= 0.6 is 0 Å². The van der Waals surface area contributed by atoms with Crippen LogP contribution in [0.2, 0.25) is 0 Å². The second-order valence-corrected chi connectivity index (χ2v) is 8.00. The summed E-state index contributed by atoms with van der Waals surface area (Å²) in [4.78, 5) is 14.4. The van der Waals surface area contributed by atoms with Crippen LogP contribution in [-0.2, 0) is 17.8 Å². The molecule has 0 fully saturated rings. The van der Waals surface area contributed by atoms with E-state index in [9.17, 15) is 4.79 Å². The zero-order valence-corrected chi connectivity index (χ0v) is 17.6. The fourth-order valence-corrected chi connectivity index (χ4v) is 3.60. The van der Waals surface area contributed by atoms with Crippen LogP contribution in [0.1, 0.15) is 37.2 Å². The van der Waals surface area contributed by atoms with Gasteiger partial charge in [0.25, 0.3) is 0 Å². The van der Waals surface area contributed by atoms with Crippen molar-refractivity contribution in [3.63, 3.8) is 0 Å². The maximum atomic E-state index is 12.6. The number of hydrogen-bond donors (Lipinski definition) is 0. The third-order valence-electron chi connectivity index (χ3n) is 5.13. The molecule has 2 aromatic rings. The van der Waals surface area contributed by atoms with Crippen LogP contribution in [0.3, 0.4) is 0 Å². The van der Waals surface area contributed by atoms with E-state index >= 15 is 0 Å². The van der Waals surface area contributed by atoms with E-state index in [4.69, 9.17) is 9.47 Å². The Morgan fingerprint density at radius 1 is 1.29 bits per heavy atom. The molecule has 0 aliphatic carbocycles. The number of hydrogen-bond acceptors (Lipinski definition) is 4. The number of ether oxygens (including phenoxy) is 2.